The topological polar surface area (TPSA) is 40.1 Å². The summed E-state index contributed by atoms with van der Waals surface area (Å²) < 4.78 is 1.24. The molecule has 0 saturated heterocycles. The highest BCUT2D eigenvalue weighted by Crippen LogP contribution is 2.11. The smallest absolute Gasteiger partial charge is 0.0782 e. The van der Waals surface area contributed by atoms with Gasteiger partial charge < -0.3 is 14.4 Å². The maximum atomic E-state index is 8.89. The number of hydrogen-bond donors (Lipinski definition) is 0. The van der Waals surface area contributed by atoms with E-state index in [0.717, 1.165) is 6.92 Å². The Kier molecular flexibility index (Phi) is 19.1. The highest BCUT2D eigenvalue weighted by atomic mass is 16.4. The van der Waals surface area contributed by atoms with Crippen LogP contribution in [0.2, 0.25) is 0 Å². The molecule has 0 aliphatic carbocycles. The predicted molar refractivity (Wildman–Crippen MR) is 99.3 cm³/mol. The summed E-state index contributed by atoms with van der Waals surface area (Å²) >= 11 is 0. The predicted octanol–water partition coefficient (Wildman–Crippen LogP) is 4.54. The van der Waals surface area contributed by atoms with Crippen molar-refractivity contribution < 1.29 is 14.4 Å². The van der Waals surface area contributed by atoms with Crippen LogP contribution < -0.4 is 5.11 Å². The molecule has 0 atom stereocenters. The van der Waals surface area contributed by atoms with Crippen molar-refractivity contribution >= 4 is 5.97 Å². The molecule has 0 spiro atoms. The van der Waals surface area contributed by atoms with E-state index in [2.05, 4.69) is 27.9 Å². The first-order valence-electron chi connectivity index (χ1n) is 9.85. The molecule has 0 aromatic carbocycles. The van der Waals surface area contributed by atoms with Crippen LogP contribution in [-0.4, -0.2) is 37.6 Å². The van der Waals surface area contributed by atoms with E-state index < -0.39 is 5.97 Å². The zero-order valence-corrected chi connectivity index (χ0v) is 16.7. The molecule has 0 saturated carbocycles. The van der Waals surface area contributed by atoms with Gasteiger partial charge in [-0.2, -0.15) is 0 Å². The SMILES string of the molecule is CC(=O)[O-].CCCCCCCC[N+](C)(C)CCCCCCCC. The summed E-state index contributed by atoms with van der Waals surface area (Å²) in [6.45, 7) is 8.31. The molecule has 0 radical (unpaired) electrons. The maximum Gasteiger partial charge on any atom is 0.0782 e. The van der Waals surface area contributed by atoms with Gasteiger partial charge in [0.05, 0.1) is 27.2 Å². The second-order valence-electron chi connectivity index (χ2n) is 7.41. The first kappa shape index (κ1) is 24.7. The highest BCUT2D eigenvalue weighted by Gasteiger charge is 2.13. The molecule has 3 nitrogen and oxygen atoms in total. The molecule has 0 rings (SSSR count). The molecule has 0 heterocycles. The lowest BCUT2D eigenvalue weighted by Crippen LogP contribution is -2.41. The largest absolute Gasteiger partial charge is 0.550 e. The first-order chi connectivity index (χ1) is 10.9. The molecule has 23 heavy (non-hydrogen) atoms. The Morgan fingerprint density at radius 3 is 1.26 bits per heavy atom. The summed E-state index contributed by atoms with van der Waals surface area (Å²) in [6.07, 6.45) is 17.1. The molecule has 0 aliphatic heterocycles. The third kappa shape index (κ3) is 26.6. The van der Waals surface area contributed by atoms with Crippen molar-refractivity contribution in [2.24, 2.45) is 0 Å². The number of rotatable bonds is 14. The molecular formula is C20H43NO2. The van der Waals surface area contributed by atoms with Crippen molar-refractivity contribution in [3.05, 3.63) is 0 Å². The van der Waals surface area contributed by atoms with Gasteiger partial charge >= 0.3 is 0 Å². The maximum absolute atomic E-state index is 8.89. The molecule has 0 fully saturated rings. The molecule has 0 aromatic rings. The number of aliphatic carboxylic acids is 1. The van der Waals surface area contributed by atoms with Crippen LogP contribution >= 0.6 is 0 Å². The number of carbonyl (C=O) groups is 1. The number of carboxylic acid groups (broad SMARTS) is 1. The Hall–Kier alpha value is -0.570. The molecule has 0 aliphatic rings. The molecule has 3 heteroatoms. The third-order valence-electron chi connectivity index (χ3n) is 4.23. The second kappa shape index (κ2) is 17.8. The van der Waals surface area contributed by atoms with Gasteiger partial charge in [-0.15, -0.1) is 0 Å². The van der Waals surface area contributed by atoms with Gasteiger partial charge in [-0.25, -0.2) is 0 Å². The van der Waals surface area contributed by atoms with Crippen LogP contribution in [0.5, 0.6) is 0 Å². The van der Waals surface area contributed by atoms with Crippen molar-refractivity contribution in [1.82, 2.24) is 0 Å². The van der Waals surface area contributed by atoms with E-state index in [1.807, 2.05) is 0 Å². The number of carbonyl (C=O) groups excluding carboxylic acids is 1. The molecular weight excluding hydrogens is 286 g/mol. The summed E-state index contributed by atoms with van der Waals surface area (Å²) in [4.78, 5) is 8.89. The average Bonchev–Trinajstić information content (AvgIpc) is 2.46. The fourth-order valence-corrected chi connectivity index (χ4v) is 2.75. The number of hydrogen-bond acceptors (Lipinski definition) is 2. The molecule has 0 unspecified atom stereocenters. The number of nitrogens with zero attached hydrogens (tertiary/aromatic N) is 1. The molecule has 0 bridgehead atoms. The quantitative estimate of drug-likeness (QED) is 0.347. The van der Waals surface area contributed by atoms with E-state index in [1.54, 1.807) is 0 Å². The van der Waals surface area contributed by atoms with Crippen molar-refractivity contribution in [1.29, 1.82) is 0 Å². The van der Waals surface area contributed by atoms with Gasteiger partial charge in [0.1, 0.15) is 0 Å². The van der Waals surface area contributed by atoms with Gasteiger partial charge in [-0.05, 0) is 32.6 Å². The van der Waals surface area contributed by atoms with Crippen molar-refractivity contribution in [3.63, 3.8) is 0 Å². The number of carboxylic acids is 1. The second-order valence-corrected chi connectivity index (χ2v) is 7.41. The monoisotopic (exact) mass is 329 g/mol. The lowest BCUT2D eigenvalue weighted by molar-refractivity contribution is -0.890. The number of quaternary nitrogens is 1. The Morgan fingerprint density at radius 1 is 0.696 bits per heavy atom. The fourth-order valence-electron chi connectivity index (χ4n) is 2.75. The Morgan fingerprint density at radius 2 is 0.957 bits per heavy atom. The minimum Gasteiger partial charge on any atom is -0.550 e. The zero-order valence-electron chi connectivity index (χ0n) is 16.7. The minimum absolute atomic E-state index is 0.972. The summed E-state index contributed by atoms with van der Waals surface area (Å²) in [7, 11) is 4.83. The van der Waals surface area contributed by atoms with Crippen molar-refractivity contribution in [2.45, 2.75) is 97.8 Å². The lowest BCUT2D eigenvalue weighted by Gasteiger charge is -2.30. The Balaban J connectivity index is 0. The van der Waals surface area contributed by atoms with Gasteiger partial charge in [-0.3, -0.25) is 0 Å². The van der Waals surface area contributed by atoms with Crippen LogP contribution in [0.25, 0.3) is 0 Å². The van der Waals surface area contributed by atoms with Gasteiger partial charge in [0.2, 0.25) is 0 Å². The van der Waals surface area contributed by atoms with Gasteiger partial charge in [-0.1, -0.05) is 65.2 Å². The van der Waals surface area contributed by atoms with Gasteiger partial charge in [0.15, 0.2) is 0 Å². The molecule has 0 amide bonds. The van der Waals surface area contributed by atoms with Crippen LogP contribution in [0, 0.1) is 0 Å². The van der Waals surface area contributed by atoms with E-state index in [1.165, 1.54) is 94.6 Å². The van der Waals surface area contributed by atoms with Crippen molar-refractivity contribution in [2.75, 3.05) is 27.2 Å². The van der Waals surface area contributed by atoms with E-state index in [0.29, 0.717) is 0 Å². The summed E-state index contributed by atoms with van der Waals surface area (Å²) in [5.74, 6) is -1.08. The summed E-state index contributed by atoms with van der Waals surface area (Å²) in [6, 6.07) is 0. The summed E-state index contributed by atoms with van der Waals surface area (Å²) in [5.41, 5.74) is 0. The van der Waals surface area contributed by atoms with Crippen LogP contribution in [0.4, 0.5) is 0 Å². The zero-order chi connectivity index (χ0) is 18.0. The normalized spacial score (nSPS) is 11.0. The Labute approximate surface area is 146 Å². The Bertz CT molecular complexity index is 230. The molecule has 0 aromatic heterocycles. The van der Waals surface area contributed by atoms with E-state index in [9.17, 15) is 0 Å². The van der Waals surface area contributed by atoms with E-state index in [4.69, 9.17) is 9.90 Å². The van der Waals surface area contributed by atoms with Crippen molar-refractivity contribution in [3.8, 4) is 0 Å². The van der Waals surface area contributed by atoms with Gasteiger partial charge in [0, 0.05) is 5.97 Å². The summed E-state index contributed by atoms with van der Waals surface area (Å²) in [5, 5.41) is 8.89. The standard InChI is InChI=1S/C18H40N.C2H4O2/c1-5-7-9-11-13-15-17-19(3,4)18-16-14-12-10-8-6-2;1-2(3)4/h5-18H2,1-4H3;1H3,(H,3,4)/q+1;/p-1. The third-order valence-corrected chi connectivity index (χ3v) is 4.23. The van der Waals surface area contributed by atoms with Gasteiger partial charge in [0.25, 0.3) is 0 Å². The van der Waals surface area contributed by atoms with Crippen LogP contribution in [0.15, 0.2) is 0 Å². The first-order valence-corrected chi connectivity index (χ1v) is 9.85. The fraction of sp³-hybridized carbons (Fsp3) is 0.950. The van der Waals surface area contributed by atoms with Crippen LogP contribution in [0.3, 0.4) is 0 Å². The van der Waals surface area contributed by atoms with E-state index >= 15 is 0 Å². The lowest BCUT2D eigenvalue weighted by atomic mass is 10.1. The number of unbranched alkanes of at least 4 members (excludes halogenated alkanes) is 10. The average molecular weight is 330 g/mol. The minimum atomic E-state index is -1.08. The van der Waals surface area contributed by atoms with E-state index in [-0.39, 0.29) is 0 Å². The molecule has 140 valence electrons. The highest BCUT2D eigenvalue weighted by molar-refractivity contribution is 5.60. The van der Waals surface area contributed by atoms with Crippen LogP contribution in [0.1, 0.15) is 97.8 Å². The molecule has 0 N–H and O–H groups in total. The van der Waals surface area contributed by atoms with Crippen LogP contribution in [-0.2, 0) is 4.79 Å².